The van der Waals surface area contributed by atoms with E-state index in [0.717, 1.165) is 30.9 Å². The Hall–Kier alpha value is -2.04. The Labute approximate surface area is 125 Å². The van der Waals surface area contributed by atoms with Gasteiger partial charge in [0.2, 0.25) is 0 Å². The predicted octanol–water partition coefficient (Wildman–Crippen LogP) is 2.10. The number of carbonyl (C=O) groups is 1. The average molecular weight is 289 g/mol. The molecule has 0 saturated heterocycles. The minimum atomic E-state index is -0.458. The van der Waals surface area contributed by atoms with Crippen LogP contribution < -0.4 is 10.6 Å². The normalized spacial score (nSPS) is 14.3. The first-order valence-electron chi connectivity index (χ1n) is 7.28. The van der Waals surface area contributed by atoms with E-state index in [4.69, 9.17) is 4.74 Å². The molecule has 0 saturated carbocycles. The minimum Gasteiger partial charge on any atom is -0.444 e. The molecule has 1 aromatic rings. The summed E-state index contributed by atoms with van der Waals surface area (Å²) < 4.78 is 5.19. The minimum absolute atomic E-state index is 0.372. The van der Waals surface area contributed by atoms with Gasteiger partial charge in [-0.1, -0.05) is 24.3 Å². The van der Waals surface area contributed by atoms with Crippen LogP contribution in [-0.2, 0) is 11.2 Å². The van der Waals surface area contributed by atoms with Gasteiger partial charge in [0.25, 0.3) is 0 Å². The van der Waals surface area contributed by atoms with Gasteiger partial charge in [0, 0.05) is 18.7 Å². The Bertz CT molecular complexity index is 515. The maximum Gasteiger partial charge on any atom is 0.407 e. The van der Waals surface area contributed by atoms with Crippen LogP contribution in [0.3, 0.4) is 0 Å². The zero-order valence-corrected chi connectivity index (χ0v) is 12.9. The van der Waals surface area contributed by atoms with Crippen LogP contribution in [0.15, 0.2) is 29.3 Å². The molecule has 1 aromatic carbocycles. The van der Waals surface area contributed by atoms with Crippen molar-refractivity contribution in [1.82, 2.24) is 10.6 Å². The quantitative estimate of drug-likeness (QED) is 0.892. The smallest absolute Gasteiger partial charge is 0.407 e. The van der Waals surface area contributed by atoms with E-state index in [9.17, 15) is 4.79 Å². The Balaban J connectivity index is 1.77. The molecule has 0 aromatic heterocycles. The molecule has 1 aliphatic rings. The summed E-state index contributed by atoms with van der Waals surface area (Å²) >= 11 is 0. The Morgan fingerprint density at radius 2 is 2.05 bits per heavy atom. The van der Waals surface area contributed by atoms with Crippen LogP contribution in [0.4, 0.5) is 4.79 Å². The number of aliphatic imine (C=N–C) groups is 1. The van der Waals surface area contributed by atoms with Crippen molar-refractivity contribution in [2.45, 2.75) is 32.8 Å². The zero-order chi connectivity index (χ0) is 15.3. The number of amidine groups is 1. The second kappa shape index (κ2) is 6.61. The summed E-state index contributed by atoms with van der Waals surface area (Å²) in [5.74, 6) is 0.966. The molecule has 5 heteroatoms. The molecule has 0 fully saturated rings. The van der Waals surface area contributed by atoms with Crippen LogP contribution in [0.1, 0.15) is 31.9 Å². The average Bonchev–Trinajstić information content (AvgIpc) is 2.91. The first-order valence-corrected chi connectivity index (χ1v) is 7.28. The van der Waals surface area contributed by atoms with Crippen LogP contribution in [0, 0.1) is 0 Å². The molecule has 0 radical (unpaired) electrons. The van der Waals surface area contributed by atoms with Crippen LogP contribution >= 0.6 is 0 Å². The van der Waals surface area contributed by atoms with Crippen LogP contribution in [-0.4, -0.2) is 37.2 Å². The second-order valence-corrected chi connectivity index (χ2v) is 6.03. The number of rotatable bonds is 4. The lowest BCUT2D eigenvalue weighted by Gasteiger charge is -2.19. The van der Waals surface area contributed by atoms with Gasteiger partial charge in [0.1, 0.15) is 11.4 Å². The van der Waals surface area contributed by atoms with Gasteiger partial charge in [-0.25, -0.2) is 4.79 Å². The van der Waals surface area contributed by atoms with Crippen LogP contribution in [0.5, 0.6) is 0 Å². The molecule has 5 nitrogen and oxygen atoms in total. The van der Waals surface area contributed by atoms with Gasteiger partial charge >= 0.3 is 6.09 Å². The van der Waals surface area contributed by atoms with Gasteiger partial charge in [0.05, 0.1) is 6.54 Å². The van der Waals surface area contributed by atoms with Gasteiger partial charge < -0.3 is 15.4 Å². The van der Waals surface area contributed by atoms with Crippen molar-refractivity contribution in [3.05, 3.63) is 35.4 Å². The van der Waals surface area contributed by atoms with E-state index in [1.807, 2.05) is 20.8 Å². The SMILES string of the molecule is CC(C)(C)OC(=O)NCCc1ccc(C2=NCCN2)cc1. The molecule has 21 heavy (non-hydrogen) atoms. The lowest BCUT2D eigenvalue weighted by Crippen LogP contribution is -2.33. The maximum absolute atomic E-state index is 11.5. The fraction of sp³-hybridized carbons (Fsp3) is 0.500. The number of hydrogen-bond acceptors (Lipinski definition) is 4. The molecule has 0 spiro atoms. The number of amides is 1. The molecular weight excluding hydrogens is 266 g/mol. The third-order valence-corrected chi connectivity index (χ3v) is 2.98. The molecule has 2 rings (SSSR count). The molecule has 0 aliphatic carbocycles. The van der Waals surface area contributed by atoms with E-state index in [1.54, 1.807) is 0 Å². The standard InChI is InChI=1S/C16H23N3O2/c1-16(2,3)21-15(20)19-9-8-12-4-6-13(7-5-12)14-17-10-11-18-14/h4-7H,8-11H2,1-3H3,(H,17,18)(H,19,20). The summed E-state index contributed by atoms with van der Waals surface area (Å²) in [5, 5.41) is 6.01. The van der Waals surface area contributed by atoms with Crippen LogP contribution in [0.25, 0.3) is 0 Å². The second-order valence-electron chi connectivity index (χ2n) is 6.03. The first-order chi connectivity index (χ1) is 9.94. The Kier molecular flexibility index (Phi) is 4.83. The van der Waals surface area contributed by atoms with E-state index in [1.165, 1.54) is 5.56 Å². The lowest BCUT2D eigenvalue weighted by molar-refractivity contribution is 0.0528. The van der Waals surface area contributed by atoms with Gasteiger partial charge in [-0.05, 0) is 32.8 Å². The topological polar surface area (TPSA) is 62.7 Å². The van der Waals surface area contributed by atoms with Crippen molar-refractivity contribution < 1.29 is 9.53 Å². The van der Waals surface area contributed by atoms with Crippen molar-refractivity contribution >= 4 is 11.9 Å². The number of nitrogens with one attached hydrogen (secondary N) is 2. The molecule has 114 valence electrons. The highest BCUT2D eigenvalue weighted by molar-refractivity contribution is 5.99. The zero-order valence-electron chi connectivity index (χ0n) is 12.9. The number of alkyl carbamates (subject to hydrolysis) is 1. The maximum atomic E-state index is 11.5. The monoisotopic (exact) mass is 289 g/mol. The predicted molar refractivity (Wildman–Crippen MR) is 83.8 cm³/mol. The summed E-state index contributed by atoms with van der Waals surface area (Å²) in [6.45, 7) is 7.88. The van der Waals surface area contributed by atoms with Gasteiger partial charge in [-0.15, -0.1) is 0 Å². The van der Waals surface area contributed by atoms with Crippen LogP contribution in [0.2, 0.25) is 0 Å². The van der Waals surface area contributed by atoms with Crippen molar-refractivity contribution in [2.24, 2.45) is 4.99 Å². The summed E-state index contributed by atoms with van der Waals surface area (Å²) in [7, 11) is 0. The van der Waals surface area contributed by atoms with Gasteiger partial charge in [-0.2, -0.15) is 0 Å². The summed E-state index contributed by atoms with van der Waals surface area (Å²) in [4.78, 5) is 15.9. The van der Waals surface area contributed by atoms with Crippen molar-refractivity contribution in [3.63, 3.8) is 0 Å². The Morgan fingerprint density at radius 3 is 2.62 bits per heavy atom. The highest BCUT2D eigenvalue weighted by Gasteiger charge is 2.15. The van der Waals surface area contributed by atoms with E-state index < -0.39 is 5.60 Å². The fourth-order valence-electron chi connectivity index (χ4n) is 2.04. The van der Waals surface area contributed by atoms with E-state index in [-0.39, 0.29) is 6.09 Å². The molecule has 1 aliphatic heterocycles. The number of hydrogen-bond donors (Lipinski definition) is 2. The molecule has 0 atom stereocenters. The van der Waals surface area contributed by atoms with Gasteiger partial charge in [-0.3, -0.25) is 4.99 Å². The van der Waals surface area contributed by atoms with E-state index in [0.29, 0.717) is 6.54 Å². The number of carbonyl (C=O) groups excluding carboxylic acids is 1. The number of ether oxygens (including phenoxy) is 1. The number of nitrogens with zero attached hydrogens (tertiary/aromatic N) is 1. The molecule has 2 N–H and O–H groups in total. The summed E-state index contributed by atoms with van der Waals surface area (Å²) in [5.41, 5.74) is 1.82. The van der Waals surface area contributed by atoms with Crippen molar-refractivity contribution in [2.75, 3.05) is 19.6 Å². The molecule has 1 heterocycles. The summed E-state index contributed by atoms with van der Waals surface area (Å²) in [6.07, 6.45) is 0.406. The first kappa shape index (κ1) is 15.4. The van der Waals surface area contributed by atoms with E-state index in [2.05, 4.69) is 39.9 Å². The molecule has 0 bridgehead atoms. The third-order valence-electron chi connectivity index (χ3n) is 2.98. The molecule has 1 amide bonds. The van der Waals surface area contributed by atoms with E-state index >= 15 is 0 Å². The highest BCUT2D eigenvalue weighted by atomic mass is 16.6. The van der Waals surface area contributed by atoms with Crippen molar-refractivity contribution in [1.29, 1.82) is 0 Å². The summed E-state index contributed by atoms with van der Waals surface area (Å²) in [6, 6.07) is 8.24. The molecular formula is C16H23N3O2. The Morgan fingerprint density at radius 1 is 1.33 bits per heavy atom. The largest absolute Gasteiger partial charge is 0.444 e. The highest BCUT2D eigenvalue weighted by Crippen LogP contribution is 2.08. The fourth-order valence-corrected chi connectivity index (χ4v) is 2.04. The third kappa shape index (κ3) is 5.10. The number of benzene rings is 1. The lowest BCUT2D eigenvalue weighted by atomic mass is 10.1. The molecule has 0 unspecified atom stereocenters. The van der Waals surface area contributed by atoms with Crippen molar-refractivity contribution in [3.8, 4) is 0 Å². The van der Waals surface area contributed by atoms with Gasteiger partial charge in [0.15, 0.2) is 0 Å².